The van der Waals surface area contributed by atoms with Crippen LogP contribution in [0, 0.1) is 0 Å². The molecule has 0 saturated carbocycles. The number of H-pyrrole nitrogens is 1. The van der Waals surface area contributed by atoms with Crippen LogP contribution in [0.4, 0.5) is 8.78 Å². The van der Waals surface area contributed by atoms with Crippen molar-refractivity contribution in [3.63, 3.8) is 0 Å². The molecule has 4 aromatic rings. The zero-order valence-corrected chi connectivity index (χ0v) is 17.1. The van der Waals surface area contributed by atoms with E-state index in [0.717, 1.165) is 16.3 Å². The van der Waals surface area contributed by atoms with Gasteiger partial charge in [-0.15, -0.1) is 0 Å². The molecule has 3 heterocycles. The van der Waals surface area contributed by atoms with Gasteiger partial charge < -0.3 is 9.72 Å². The minimum atomic E-state index is -2.90. The molecular formula is C24H20F2N4O2. The average molecular weight is 434 g/mol. The lowest BCUT2D eigenvalue weighted by atomic mass is 10.0. The van der Waals surface area contributed by atoms with Crippen LogP contribution in [0.5, 0.6) is 5.75 Å². The molecule has 0 spiro atoms. The summed E-state index contributed by atoms with van der Waals surface area (Å²) in [4.78, 5) is 26.3. The van der Waals surface area contributed by atoms with Crippen molar-refractivity contribution in [1.29, 1.82) is 0 Å². The SMILES string of the molecule is O=c1[nH]c(-c2ccncc2)nc2c1CCN(Cc1c(OC(F)F)ccc3ccccc13)C2. The zero-order chi connectivity index (χ0) is 22.1. The second-order valence-electron chi connectivity index (χ2n) is 7.68. The monoisotopic (exact) mass is 434 g/mol. The van der Waals surface area contributed by atoms with E-state index in [2.05, 4.69) is 14.9 Å². The van der Waals surface area contributed by atoms with Crippen LogP contribution in [0.25, 0.3) is 22.2 Å². The maximum Gasteiger partial charge on any atom is 0.387 e. The molecular weight excluding hydrogens is 414 g/mol. The third kappa shape index (κ3) is 3.97. The van der Waals surface area contributed by atoms with E-state index in [1.54, 1.807) is 36.7 Å². The van der Waals surface area contributed by atoms with Crippen molar-refractivity contribution in [3.8, 4) is 17.1 Å². The molecule has 0 saturated heterocycles. The number of hydrogen-bond donors (Lipinski definition) is 1. The van der Waals surface area contributed by atoms with Gasteiger partial charge in [-0.25, -0.2) is 4.98 Å². The number of alkyl halides is 2. The maximum absolute atomic E-state index is 13.0. The first-order valence-electron chi connectivity index (χ1n) is 10.3. The van der Waals surface area contributed by atoms with Crippen LogP contribution in [-0.2, 0) is 19.5 Å². The molecule has 0 atom stereocenters. The summed E-state index contributed by atoms with van der Waals surface area (Å²) in [5.41, 5.74) is 2.70. The molecule has 0 radical (unpaired) electrons. The highest BCUT2D eigenvalue weighted by atomic mass is 19.3. The molecule has 5 rings (SSSR count). The zero-order valence-electron chi connectivity index (χ0n) is 17.1. The van der Waals surface area contributed by atoms with Gasteiger partial charge in [-0.05, 0) is 35.4 Å². The highest BCUT2D eigenvalue weighted by Crippen LogP contribution is 2.31. The lowest BCUT2D eigenvalue weighted by Gasteiger charge is -2.29. The first-order valence-corrected chi connectivity index (χ1v) is 10.3. The quantitative estimate of drug-likeness (QED) is 0.511. The highest BCUT2D eigenvalue weighted by Gasteiger charge is 2.23. The Bertz CT molecular complexity index is 1320. The number of nitrogens with zero attached hydrogens (tertiary/aromatic N) is 3. The van der Waals surface area contributed by atoms with Crippen molar-refractivity contribution in [2.45, 2.75) is 26.1 Å². The fourth-order valence-electron chi connectivity index (χ4n) is 4.18. The maximum atomic E-state index is 13.0. The first kappa shape index (κ1) is 20.3. The predicted molar refractivity (Wildman–Crippen MR) is 116 cm³/mol. The Labute approximate surface area is 182 Å². The van der Waals surface area contributed by atoms with Crippen LogP contribution >= 0.6 is 0 Å². The molecule has 1 aliphatic heterocycles. The summed E-state index contributed by atoms with van der Waals surface area (Å²) in [5.74, 6) is 0.658. The molecule has 2 aromatic heterocycles. The third-order valence-electron chi connectivity index (χ3n) is 5.70. The number of rotatable bonds is 5. The van der Waals surface area contributed by atoms with E-state index in [4.69, 9.17) is 9.72 Å². The van der Waals surface area contributed by atoms with Crippen molar-refractivity contribution >= 4 is 10.8 Å². The normalized spacial score (nSPS) is 14.0. The predicted octanol–water partition coefficient (Wildman–Crippen LogP) is 4.14. The number of aromatic nitrogens is 3. The molecule has 0 bridgehead atoms. The number of fused-ring (bicyclic) bond motifs is 2. The van der Waals surface area contributed by atoms with Crippen LogP contribution in [0.1, 0.15) is 16.8 Å². The van der Waals surface area contributed by atoms with E-state index in [1.165, 1.54) is 0 Å². The summed E-state index contributed by atoms with van der Waals surface area (Å²) in [6.45, 7) is -1.44. The second kappa shape index (κ2) is 8.47. The van der Waals surface area contributed by atoms with Crippen LogP contribution in [0.2, 0.25) is 0 Å². The van der Waals surface area contributed by atoms with Gasteiger partial charge >= 0.3 is 6.61 Å². The molecule has 8 heteroatoms. The fraction of sp³-hybridized carbons (Fsp3) is 0.208. The average Bonchev–Trinajstić information content (AvgIpc) is 2.80. The summed E-state index contributed by atoms with van der Waals surface area (Å²) >= 11 is 0. The minimum absolute atomic E-state index is 0.145. The summed E-state index contributed by atoms with van der Waals surface area (Å²) in [5, 5.41) is 1.82. The number of pyridine rings is 1. The van der Waals surface area contributed by atoms with Gasteiger partial charge in [-0.1, -0.05) is 30.3 Å². The van der Waals surface area contributed by atoms with Crippen molar-refractivity contribution in [2.75, 3.05) is 6.54 Å². The van der Waals surface area contributed by atoms with Gasteiger partial charge in [-0.3, -0.25) is 14.7 Å². The van der Waals surface area contributed by atoms with Gasteiger partial charge in [0.1, 0.15) is 11.6 Å². The second-order valence-corrected chi connectivity index (χ2v) is 7.68. The van der Waals surface area contributed by atoms with Gasteiger partial charge in [-0.2, -0.15) is 8.78 Å². The topological polar surface area (TPSA) is 71.1 Å². The van der Waals surface area contributed by atoms with E-state index in [9.17, 15) is 13.6 Å². The Balaban J connectivity index is 1.49. The Morgan fingerprint density at radius 1 is 1.09 bits per heavy atom. The first-order chi connectivity index (χ1) is 15.6. The van der Waals surface area contributed by atoms with Gasteiger partial charge in [0.05, 0.1) is 5.69 Å². The summed E-state index contributed by atoms with van der Waals surface area (Å²) in [7, 11) is 0. The fourth-order valence-corrected chi connectivity index (χ4v) is 4.18. The van der Waals surface area contributed by atoms with E-state index >= 15 is 0 Å². The Hall–Kier alpha value is -3.65. The van der Waals surface area contributed by atoms with Crippen LogP contribution in [0.15, 0.2) is 65.7 Å². The van der Waals surface area contributed by atoms with Crippen molar-refractivity contribution in [1.82, 2.24) is 19.9 Å². The molecule has 1 aliphatic rings. The molecule has 0 aliphatic carbocycles. The van der Waals surface area contributed by atoms with Crippen LogP contribution in [-0.4, -0.2) is 33.0 Å². The van der Waals surface area contributed by atoms with Crippen LogP contribution in [0.3, 0.4) is 0 Å². The molecule has 0 unspecified atom stereocenters. The van der Waals surface area contributed by atoms with E-state index in [-0.39, 0.29) is 11.3 Å². The van der Waals surface area contributed by atoms with Gasteiger partial charge in [0.2, 0.25) is 0 Å². The largest absolute Gasteiger partial charge is 0.434 e. The molecule has 0 fully saturated rings. The van der Waals surface area contributed by atoms with Gasteiger partial charge in [0, 0.05) is 48.7 Å². The van der Waals surface area contributed by atoms with E-state index < -0.39 is 6.61 Å². The highest BCUT2D eigenvalue weighted by molar-refractivity contribution is 5.87. The van der Waals surface area contributed by atoms with Crippen molar-refractivity contribution in [2.24, 2.45) is 0 Å². The number of nitrogens with one attached hydrogen (secondary N) is 1. The van der Waals surface area contributed by atoms with E-state index in [0.29, 0.717) is 48.7 Å². The smallest absolute Gasteiger partial charge is 0.387 e. The third-order valence-corrected chi connectivity index (χ3v) is 5.70. The lowest BCUT2D eigenvalue weighted by molar-refractivity contribution is -0.0507. The summed E-state index contributed by atoms with van der Waals surface area (Å²) in [6.07, 6.45) is 3.82. The molecule has 1 N–H and O–H groups in total. The number of ether oxygens (including phenoxy) is 1. The molecule has 162 valence electrons. The number of benzene rings is 2. The Kier molecular flexibility index (Phi) is 5.36. The molecule has 2 aromatic carbocycles. The number of halogens is 2. The number of hydrogen-bond acceptors (Lipinski definition) is 5. The van der Waals surface area contributed by atoms with E-state index in [1.807, 2.05) is 24.3 Å². The summed E-state index contributed by atoms with van der Waals surface area (Å²) < 4.78 is 30.9. The Morgan fingerprint density at radius 2 is 1.91 bits per heavy atom. The standard InChI is InChI=1S/C24H20F2N4O2/c25-24(26)32-21-6-5-15-3-1-2-4-17(15)19(21)13-30-12-9-18-20(14-30)28-22(29-23(18)31)16-7-10-27-11-8-16/h1-8,10-11,24H,9,12-14H2,(H,28,29,31). The Morgan fingerprint density at radius 3 is 2.72 bits per heavy atom. The van der Waals surface area contributed by atoms with Gasteiger partial charge in [0.15, 0.2) is 0 Å². The summed E-state index contributed by atoms with van der Waals surface area (Å²) in [6, 6.07) is 14.6. The van der Waals surface area contributed by atoms with Crippen molar-refractivity contribution in [3.05, 3.63) is 88.1 Å². The van der Waals surface area contributed by atoms with Crippen molar-refractivity contribution < 1.29 is 13.5 Å². The number of aromatic amines is 1. The molecule has 32 heavy (non-hydrogen) atoms. The molecule has 0 amide bonds. The van der Waals surface area contributed by atoms with Crippen LogP contribution < -0.4 is 10.3 Å². The molecule has 6 nitrogen and oxygen atoms in total. The van der Waals surface area contributed by atoms with Gasteiger partial charge in [0.25, 0.3) is 5.56 Å². The lowest BCUT2D eigenvalue weighted by Crippen LogP contribution is -2.35. The minimum Gasteiger partial charge on any atom is -0.434 e.